The number of nitrogen functional groups attached to an aromatic ring is 1. The van der Waals surface area contributed by atoms with Crippen LogP contribution in [0.15, 0.2) is 40.9 Å². The number of methoxy groups -OCH3 is 1. The number of nitrogens with one attached hydrogen (secondary N) is 1. The van der Waals surface area contributed by atoms with Crippen molar-refractivity contribution in [2.45, 2.75) is 0 Å². The summed E-state index contributed by atoms with van der Waals surface area (Å²) in [6.45, 7) is 0. The van der Waals surface area contributed by atoms with Crippen LogP contribution >= 0.6 is 15.9 Å². The van der Waals surface area contributed by atoms with Crippen LogP contribution in [0, 0.1) is 5.82 Å². The third-order valence-electron chi connectivity index (χ3n) is 2.68. The summed E-state index contributed by atoms with van der Waals surface area (Å²) in [5, 5.41) is 2.56. The third-order valence-corrected chi connectivity index (χ3v) is 3.18. The fraction of sp³-hybridized carbons (Fsp3) is 0.0714. The van der Waals surface area contributed by atoms with Crippen LogP contribution < -0.4 is 15.8 Å². The van der Waals surface area contributed by atoms with Gasteiger partial charge in [0, 0.05) is 4.47 Å². The van der Waals surface area contributed by atoms with Gasteiger partial charge < -0.3 is 15.8 Å². The minimum Gasteiger partial charge on any atom is -0.496 e. The molecule has 0 heterocycles. The number of hydrogen-bond acceptors (Lipinski definition) is 3. The molecule has 0 aliphatic carbocycles. The van der Waals surface area contributed by atoms with Gasteiger partial charge in [0.15, 0.2) is 0 Å². The van der Waals surface area contributed by atoms with Crippen molar-refractivity contribution < 1.29 is 13.9 Å². The summed E-state index contributed by atoms with van der Waals surface area (Å²) in [5.41, 5.74) is 6.42. The lowest BCUT2D eigenvalue weighted by Gasteiger charge is -2.11. The van der Waals surface area contributed by atoms with Crippen molar-refractivity contribution in [3.8, 4) is 5.75 Å². The van der Waals surface area contributed by atoms with Crippen LogP contribution in [0.1, 0.15) is 10.4 Å². The molecule has 0 aromatic heterocycles. The number of benzene rings is 2. The van der Waals surface area contributed by atoms with Crippen molar-refractivity contribution in [1.82, 2.24) is 0 Å². The Morgan fingerprint density at radius 2 is 2.10 bits per heavy atom. The first-order chi connectivity index (χ1) is 9.52. The molecule has 0 spiro atoms. The predicted octanol–water partition coefficient (Wildman–Crippen LogP) is 3.43. The van der Waals surface area contributed by atoms with Crippen LogP contribution in [0.3, 0.4) is 0 Å². The summed E-state index contributed by atoms with van der Waals surface area (Å²) in [6.07, 6.45) is 0. The monoisotopic (exact) mass is 338 g/mol. The first kappa shape index (κ1) is 14.3. The maximum absolute atomic E-state index is 13.8. The minimum atomic E-state index is -0.655. The van der Waals surface area contributed by atoms with Gasteiger partial charge in [-0.1, -0.05) is 22.0 Å². The van der Waals surface area contributed by atoms with Gasteiger partial charge in [-0.15, -0.1) is 0 Å². The Morgan fingerprint density at radius 3 is 2.75 bits per heavy atom. The molecule has 2 aromatic carbocycles. The maximum Gasteiger partial charge on any atom is 0.262 e. The number of anilines is 2. The topological polar surface area (TPSA) is 64.3 Å². The van der Waals surface area contributed by atoms with Gasteiger partial charge in [-0.05, 0) is 30.3 Å². The van der Waals surface area contributed by atoms with Gasteiger partial charge in [-0.25, -0.2) is 4.39 Å². The van der Waals surface area contributed by atoms with Crippen LogP contribution in [0.5, 0.6) is 5.75 Å². The van der Waals surface area contributed by atoms with Crippen LogP contribution in [-0.4, -0.2) is 13.0 Å². The second kappa shape index (κ2) is 5.92. The van der Waals surface area contributed by atoms with Gasteiger partial charge in [0.2, 0.25) is 0 Å². The summed E-state index contributed by atoms with van der Waals surface area (Å²) in [4.78, 5) is 12.2. The number of amides is 1. The lowest BCUT2D eigenvalue weighted by molar-refractivity contribution is 0.102. The average molecular weight is 339 g/mol. The predicted molar refractivity (Wildman–Crippen MR) is 79.5 cm³/mol. The lowest BCUT2D eigenvalue weighted by atomic mass is 10.1. The summed E-state index contributed by atoms with van der Waals surface area (Å²) < 4.78 is 19.6. The normalized spacial score (nSPS) is 10.2. The zero-order valence-corrected chi connectivity index (χ0v) is 12.2. The van der Waals surface area contributed by atoms with Gasteiger partial charge in [-0.3, -0.25) is 4.79 Å². The number of hydrogen-bond donors (Lipinski definition) is 2. The smallest absolute Gasteiger partial charge is 0.262 e. The quantitative estimate of drug-likeness (QED) is 0.842. The fourth-order valence-corrected chi connectivity index (χ4v) is 2.11. The van der Waals surface area contributed by atoms with Crippen LogP contribution in [0.4, 0.5) is 15.8 Å². The molecule has 0 aliphatic rings. The summed E-state index contributed by atoms with van der Waals surface area (Å²) in [5.74, 6) is -1.11. The van der Waals surface area contributed by atoms with E-state index in [-0.39, 0.29) is 11.3 Å². The molecule has 0 saturated carbocycles. The highest BCUT2D eigenvalue weighted by atomic mass is 79.9. The van der Waals surface area contributed by atoms with E-state index < -0.39 is 11.7 Å². The minimum absolute atomic E-state index is 0.155. The van der Waals surface area contributed by atoms with Crippen molar-refractivity contribution in [3.05, 3.63) is 52.3 Å². The van der Waals surface area contributed by atoms with E-state index in [2.05, 4.69) is 21.2 Å². The van der Waals surface area contributed by atoms with Crippen molar-refractivity contribution in [1.29, 1.82) is 0 Å². The molecule has 0 atom stereocenters. The summed E-state index contributed by atoms with van der Waals surface area (Å²) in [6, 6.07) is 9.19. The Kier molecular flexibility index (Phi) is 4.24. The molecule has 1 amide bonds. The number of ether oxygens (including phenoxy) is 1. The summed E-state index contributed by atoms with van der Waals surface area (Å²) >= 11 is 3.27. The molecule has 4 nitrogen and oxygen atoms in total. The molecular formula is C14H12BrFN2O2. The van der Waals surface area contributed by atoms with Crippen molar-refractivity contribution in [2.24, 2.45) is 0 Å². The molecule has 20 heavy (non-hydrogen) atoms. The van der Waals surface area contributed by atoms with Crippen molar-refractivity contribution in [3.63, 3.8) is 0 Å². The van der Waals surface area contributed by atoms with E-state index in [0.29, 0.717) is 11.4 Å². The van der Waals surface area contributed by atoms with E-state index in [1.807, 2.05) is 0 Å². The average Bonchev–Trinajstić information content (AvgIpc) is 2.41. The number of halogens is 2. The van der Waals surface area contributed by atoms with Gasteiger partial charge in [0.05, 0.1) is 18.5 Å². The molecule has 0 saturated heterocycles. The van der Waals surface area contributed by atoms with Gasteiger partial charge in [0.25, 0.3) is 5.91 Å². The van der Waals surface area contributed by atoms with Crippen molar-refractivity contribution in [2.75, 3.05) is 18.2 Å². The highest BCUT2D eigenvalue weighted by Gasteiger charge is 2.18. The SMILES string of the molecule is COc1cccc(F)c1C(=O)Nc1ccc(Br)cc1N. The van der Waals surface area contributed by atoms with Crippen molar-refractivity contribution >= 4 is 33.2 Å². The van der Waals surface area contributed by atoms with Crippen LogP contribution in [0.25, 0.3) is 0 Å². The zero-order valence-electron chi connectivity index (χ0n) is 10.6. The highest BCUT2D eigenvalue weighted by Crippen LogP contribution is 2.26. The standard InChI is InChI=1S/C14H12BrFN2O2/c1-20-12-4-2-3-9(16)13(12)14(19)18-11-6-5-8(15)7-10(11)17/h2-7H,17H2,1H3,(H,18,19). The molecule has 0 fully saturated rings. The zero-order chi connectivity index (χ0) is 14.7. The Balaban J connectivity index is 2.33. The molecule has 2 aromatic rings. The molecule has 2 rings (SSSR count). The second-order valence-electron chi connectivity index (χ2n) is 4.00. The van der Waals surface area contributed by atoms with E-state index in [9.17, 15) is 9.18 Å². The second-order valence-corrected chi connectivity index (χ2v) is 4.92. The number of carbonyl (C=O) groups excluding carboxylic acids is 1. The Morgan fingerprint density at radius 1 is 1.35 bits per heavy atom. The van der Waals surface area contributed by atoms with Crippen LogP contribution in [0.2, 0.25) is 0 Å². The van der Waals surface area contributed by atoms with E-state index >= 15 is 0 Å². The van der Waals surface area contributed by atoms with Gasteiger partial charge in [-0.2, -0.15) is 0 Å². The number of nitrogens with two attached hydrogens (primary N) is 1. The Hall–Kier alpha value is -2.08. The highest BCUT2D eigenvalue weighted by molar-refractivity contribution is 9.10. The Bertz CT molecular complexity index is 662. The molecule has 6 heteroatoms. The molecule has 0 radical (unpaired) electrons. The van der Waals surface area contributed by atoms with Gasteiger partial charge in [0.1, 0.15) is 17.1 Å². The van der Waals surface area contributed by atoms with E-state index in [1.165, 1.54) is 25.3 Å². The molecule has 0 unspecified atom stereocenters. The van der Waals surface area contributed by atoms with Gasteiger partial charge >= 0.3 is 0 Å². The first-order valence-electron chi connectivity index (χ1n) is 5.72. The van der Waals surface area contributed by atoms with E-state index in [1.54, 1.807) is 18.2 Å². The van der Waals surface area contributed by atoms with E-state index in [0.717, 1.165) is 4.47 Å². The fourth-order valence-electron chi connectivity index (χ4n) is 1.73. The molecule has 104 valence electrons. The molecule has 0 bridgehead atoms. The maximum atomic E-state index is 13.8. The molecule has 0 aliphatic heterocycles. The van der Waals surface area contributed by atoms with E-state index in [4.69, 9.17) is 10.5 Å². The summed E-state index contributed by atoms with van der Waals surface area (Å²) in [7, 11) is 1.37. The molecular weight excluding hydrogens is 327 g/mol. The largest absolute Gasteiger partial charge is 0.496 e. The number of carbonyl (C=O) groups is 1. The third kappa shape index (κ3) is 2.91. The Labute approximate surface area is 123 Å². The van der Waals surface area contributed by atoms with Crippen LogP contribution in [-0.2, 0) is 0 Å². The lowest BCUT2D eigenvalue weighted by Crippen LogP contribution is -2.16. The molecule has 3 N–H and O–H groups in total. The first-order valence-corrected chi connectivity index (χ1v) is 6.51. The number of rotatable bonds is 3.